The van der Waals surface area contributed by atoms with E-state index in [9.17, 15) is 31.2 Å². The van der Waals surface area contributed by atoms with Gasteiger partial charge in [0.2, 0.25) is 0 Å². The van der Waals surface area contributed by atoms with E-state index in [1.165, 1.54) is 12.1 Å². The summed E-state index contributed by atoms with van der Waals surface area (Å²) in [6.45, 7) is 1.76. The minimum absolute atomic E-state index is 0.0119. The standard InChI is InChI=1S/C15H11F3O7S/c1-2-23-13(19)6-4-10-7-9-3-5-11(8-12(9)24-14(10)20)25-26(21,22)15(16,17)18/h3-8H,2H2,1H3/b6-4+. The zero-order chi connectivity index (χ0) is 19.5. The van der Waals surface area contributed by atoms with Crippen LogP contribution < -0.4 is 9.81 Å². The highest BCUT2D eigenvalue weighted by atomic mass is 32.2. The van der Waals surface area contributed by atoms with E-state index in [1.54, 1.807) is 6.92 Å². The van der Waals surface area contributed by atoms with E-state index in [1.807, 2.05) is 0 Å². The monoisotopic (exact) mass is 392 g/mol. The Balaban J connectivity index is 2.36. The van der Waals surface area contributed by atoms with Gasteiger partial charge < -0.3 is 13.3 Å². The van der Waals surface area contributed by atoms with Crippen molar-refractivity contribution in [1.82, 2.24) is 0 Å². The van der Waals surface area contributed by atoms with Gasteiger partial charge in [0.1, 0.15) is 11.3 Å². The van der Waals surface area contributed by atoms with Crippen LogP contribution in [-0.4, -0.2) is 26.5 Å². The molecule has 0 aliphatic heterocycles. The molecule has 0 spiro atoms. The summed E-state index contributed by atoms with van der Waals surface area (Å²) >= 11 is 0. The van der Waals surface area contributed by atoms with Gasteiger partial charge in [0.15, 0.2) is 0 Å². The minimum Gasteiger partial charge on any atom is -0.463 e. The van der Waals surface area contributed by atoms with Crippen molar-refractivity contribution < 1.29 is 39.7 Å². The van der Waals surface area contributed by atoms with Crippen LogP contribution >= 0.6 is 0 Å². The molecule has 0 amide bonds. The van der Waals surface area contributed by atoms with Crippen LogP contribution in [0.4, 0.5) is 13.2 Å². The first-order chi connectivity index (χ1) is 12.0. The summed E-state index contributed by atoms with van der Waals surface area (Å²) in [6.07, 6.45) is 2.16. The molecule has 0 radical (unpaired) electrons. The second-order valence-electron chi connectivity index (χ2n) is 4.76. The summed E-state index contributed by atoms with van der Waals surface area (Å²) in [5.74, 6) is -1.35. The van der Waals surface area contributed by atoms with Crippen molar-refractivity contribution >= 4 is 33.1 Å². The highest BCUT2D eigenvalue weighted by Gasteiger charge is 2.48. The van der Waals surface area contributed by atoms with Gasteiger partial charge in [0, 0.05) is 17.5 Å². The Morgan fingerprint density at radius 1 is 1.27 bits per heavy atom. The Bertz CT molecular complexity index is 1020. The summed E-state index contributed by atoms with van der Waals surface area (Å²) in [5.41, 5.74) is -6.70. The smallest absolute Gasteiger partial charge is 0.463 e. The van der Waals surface area contributed by atoms with E-state index in [-0.39, 0.29) is 23.1 Å². The first-order valence-corrected chi connectivity index (χ1v) is 8.38. The topological polar surface area (TPSA) is 99.9 Å². The first kappa shape index (κ1) is 19.5. The van der Waals surface area contributed by atoms with Gasteiger partial charge in [-0.05, 0) is 31.2 Å². The second-order valence-corrected chi connectivity index (χ2v) is 6.30. The van der Waals surface area contributed by atoms with Crippen LogP contribution in [0, 0.1) is 0 Å². The van der Waals surface area contributed by atoms with Crippen molar-refractivity contribution in [1.29, 1.82) is 0 Å². The maximum atomic E-state index is 12.3. The number of hydrogen-bond donors (Lipinski definition) is 0. The fourth-order valence-electron chi connectivity index (χ4n) is 1.80. The van der Waals surface area contributed by atoms with Gasteiger partial charge in [-0.1, -0.05) is 0 Å². The molecule has 0 atom stereocenters. The number of benzene rings is 1. The Kier molecular flexibility index (Phi) is 5.40. The molecule has 1 aromatic carbocycles. The average Bonchev–Trinajstić information content (AvgIpc) is 2.51. The first-order valence-electron chi connectivity index (χ1n) is 6.97. The Labute approximate surface area is 144 Å². The molecule has 0 unspecified atom stereocenters. The second kappa shape index (κ2) is 7.20. The molecule has 26 heavy (non-hydrogen) atoms. The zero-order valence-corrected chi connectivity index (χ0v) is 13.9. The van der Waals surface area contributed by atoms with Gasteiger partial charge in [-0.2, -0.15) is 21.6 Å². The quantitative estimate of drug-likeness (QED) is 0.253. The maximum Gasteiger partial charge on any atom is 0.534 e. The molecule has 2 rings (SSSR count). The van der Waals surface area contributed by atoms with Crippen LogP contribution in [0.25, 0.3) is 17.0 Å². The molecule has 2 aromatic rings. The molecule has 0 fully saturated rings. The molecule has 7 nitrogen and oxygen atoms in total. The van der Waals surface area contributed by atoms with E-state index in [4.69, 9.17) is 4.42 Å². The lowest BCUT2D eigenvalue weighted by molar-refractivity contribution is -0.137. The van der Waals surface area contributed by atoms with E-state index in [0.717, 1.165) is 24.3 Å². The minimum atomic E-state index is -5.84. The average molecular weight is 392 g/mol. The van der Waals surface area contributed by atoms with Gasteiger partial charge in [0.25, 0.3) is 0 Å². The van der Waals surface area contributed by atoms with Crippen LogP contribution in [0.15, 0.2) is 39.6 Å². The van der Waals surface area contributed by atoms with Crippen LogP contribution in [0.5, 0.6) is 5.75 Å². The molecule has 0 N–H and O–H groups in total. The normalized spacial score (nSPS) is 12.5. The number of ether oxygens (including phenoxy) is 1. The lowest BCUT2D eigenvalue weighted by Gasteiger charge is -2.09. The summed E-state index contributed by atoms with van der Waals surface area (Å²) in [6, 6.07) is 4.30. The third-order valence-corrected chi connectivity index (χ3v) is 3.89. The van der Waals surface area contributed by atoms with Crippen LogP contribution in [0.3, 0.4) is 0 Å². The number of alkyl halides is 3. The number of halogens is 3. The molecule has 0 saturated heterocycles. The SMILES string of the molecule is CCOC(=O)/C=C/c1cc2ccc(OS(=O)(=O)C(F)(F)F)cc2oc1=O. The number of rotatable bonds is 5. The highest BCUT2D eigenvalue weighted by molar-refractivity contribution is 7.88. The fourth-order valence-corrected chi connectivity index (χ4v) is 2.25. The van der Waals surface area contributed by atoms with Crippen LogP contribution in [0.1, 0.15) is 12.5 Å². The zero-order valence-electron chi connectivity index (χ0n) is 13.1. The van der Waals surface area contributed by atoms with Gasteiger partial charge in [-0.3, -0.25) is 0 Å². The predicted octanol–water partition coefficient (Wildman–Crippen LogP) is 2.60. The lowest BCUT2D eigenvalue weighted by atomic mass is 10.1. The molecule has 11 heteroatoms. The number of carbonyl (C=O) groups excluding carboxylic acids is 1. The Morgan fingerprint density at radius 2 is 1.96 bits per heavy atom. The van der Waals surface area contributed by atoms with Crippen LogP contribution in [-0.2, 0) is 19.6 Å². The van der Waals surface area contributed by atoms with E-state index < -0.39 is 33.0 Å². The van der Waals surface area contributed by atoms with Crippen molar-refractivity contribution in [3.8, 4) is 5.75 Å². The van der Waals surface area contributed by atoms with E-state index >= 15 is 0 Å². The summed E-state index contributed by atoms with van der Waals surface area (Å²) in [7, 11) is -5.84. The third-order valence-electron chi connectivity index (χ3n) is 2.91. The van der Waals surface area contributed by atoms with Crippen molar-refractivity contribution in [3.63, 3.8) is 0 Å². The number of fused-ring (bicyclic) bond motifs is 1. The van der Waals surface area contributed by atoms with Crippen molar-refractivity contribution in [2.24, 2.45) is 0 Å². The van der Waals surface area contributed by atoms with E-state index in [2.05, 4.69) is 8.92 Å². The highest BCUT2D eigenvalue weighted by Crippen LogP contribution is 2.28. The van der Waals surface area contributed by atoms with Crippen LogP contribution in [0.2, 0.25) is 0 Å². The molecular formula is C15H11F3O7S. The van der Waals surface area contributed by atoms with Crippen molar-refractivity contribution in [3.05, 3.63) is 46.3 Å². The largest absolute Gasteiger partial charge is 0.534 e. The Morgan fingerprint density at radius 3 is 2.58 bits per heavy atom. The van der Waals surface area contributed by atoms with Crippen molar-refractivity contribution in [2.75, 3.05) is 6.61 Å². The van der Waals surface area contributed by atoms with E-state index in [0.29, 0.717) is 0 Å². The number of hydrogen-bond acceptors (Lipinski definition) is 7. The predicted molar refractivity (Wildman–Crippen MR) is 83.8 cm³/mol. The number of esters is 1. The molecule has 0 bridgehead atoms. The van der Waals surface area contributed by atoms with Gasteiger partial charge in [0.05, 0.1) is 12.2 Å². The summed E-state index contributed by atoms with van der Waals surface area (Å²) in [4.78, 5) is 23.1. The van der Waals surface area contributed by atoms with Gasteiger partial charge in [-0.25, -0.2) is 9.59 Å². The van der Waals surface area contributed by atoms with Gasteiger partial charge >= 0.3 is 27.2 Å². The summed E-state index contributed by atoms with van der Waals surface area (Å²) < 4.78 is 72.5. The molecule has 140 valence electrons. The Hall–Kier alpha value is -2.82. The van der Waals surface area contributed by atoms with Gasteiger partial charge in [-0.15, -0.1) is 0 Å². The number of carbonyl (C=O) groups is 1. The molecule has 0 aliphatic rings. The molecule has 1 aromatic heterocycles. The fraction of sp³-hybridized carbons (Fsp3) is 0.200. The molecule has 0 saturated carbocycles. The molecule has 1 heterocycles. The molecular weight excluding hydrogens is 381 g/mol. The lowest BCUT2D eigenvalue weighted by Crippen LogP contribution is -2.28. The third kappa shape index (κ3) is 4.42. The summed E-state index contributed by atoms with van der Waals surface area (Å²) in [5, 5.41) is 0.268. The molecule has 0 aliphatic carbocycles. The maximum absolute atomic E-state index is 12.3. The van der Waals surface area contributed by atoms with Crippen molar-refractivity contribution in [2.45, 2.75) is 12.4 Å².